The standard InChI is InChI=1S/C27H26N2O2/c1-31-24-17-15-21(16-18-24)27(30)28-23-12-8-11-22(19-23)26-14-7-3-6-13-25(29-26)20-9-4-2-5-10-20/h2,4-5,8-12,14-19H,3,6-7,13H2,1H3,(H,28,30). The molecular formula is C27H26N2O2. The van der Waals surface area contributed by atoms with Gasteiger partial charge < -0.3 is 10.1 Å². The number of methoxy groups -OCH3 is 1. The first-order valence-corrected chi connectivity index (χ1v) is 10.6. The van der Waals surface area contributed by atoms with Gasteiger partial charge >= 0.3 is 0 Å². The predicted molar refractivity (Wildman–Crippen MR) is 127 cm³/mol. The minimum Gasteiger partial charge on any atom is -0.497 e. The smallest absolute Gasteiger partial charge is 0.255 e. The molecular weight excluding hydrogens is 384 g/mol. The summed E-state index contributed by atoms with van der Waals surface area (Å²) in [5.74, 6) is 0.571. The van der Waals surface area contributed by atoms with Gasteiger partial charge in [-0.2, -0.15) is 0 Å². The van der Waals surface area contributed by atoms with Gasteiger partial charge in [0, 0.05) is 22.5 Å². The number of nitrogens with one attached hydrogen (secondary N) is 1. The summed E-state index contributed by atoms with van der Waals surface area (Å²) < 4.78 is 5.16. The van der Waals surface area contributed by atoms with Crippen LogP contribution in [-0.2, 0) is 0 Å². The van der Waals surface area contributed by atoms with E-state index in [1.54, 1.807) is 31.4 Å². The van der Waals surface area contributed by atoms with Gasteiger partial charge in [-0.1, -0.05) is 48.5 Å². The number of allylic oxidation sites excluding steroid dienone is 1. The maximum absolute atomic E-state index is 12.6. The third-order valence-corrected chi connectivity index (χ3v) is 5.34. The Labute approximate surface area is 183 Å². The number of nitrogens with zero attached hydrogens (tertiary/aromatic N) is 1. The third kappa shape index (κ3) is 5.28. The Morgan fingerprint density at radius 3 is 2.45 bits per heavy atom. The van der Waals surface area contributed by atoms with E-state index in [-0.39, 0.29) is 5.91 Å². The molecule has 156 valence electrons. The minimum absolute atomic E-state index is 0.153. The first-order valence-electron chi connectivity index (χ1n) is 10.6. The first kappa shape index (κ1) is 20.6. The van der Waals surface area contributed by atoms with Crippen LogP contribution in [0.25, 0.3) is 5.70 Å². The first-order chi connectivity index (χ1) is 15.2. The number of ether oxygens (including phenoxy) is 1. The second kappa shape index (κ2) is 9.90. The fourth-order valence-corrected chi connectivity index (χ4v) is 3.65. The van der Waals surface area contributed by atoms with Crippen molar-refractivity contribution in [3.05, 3.63) is 102 Å². The molecule has 0 bridgehead atoms. The summed E-state index contributed by atoms with van der Waals surface area (Å²) in [6.45, 7) is 0. The van der Waals surface area contributed by atoms with Gasteiger partial charge in [-0.05, 0) is 67.6 Å². The van der Waals surface area contributed by atoms with Gasteiger partial charge in [-0.3, -0.25) is 9.79 Å². The molecule has 0 aromatic heterocycles. The Hall–Kier alpha value is -3.66. The average Bonchev–Trinajstić information content (AvgIpc) is 2.80. The number of aliphatic imine (C=N–C) groups is 1. The Morgan fingerprint density at radius 1 is 0.903 bits per heavy atom. The fraction of sp³-hybridized carbons (Fsp3) is 0.185. The maximum Gasteiger partial charge on any atom is 0.255 e. The molecule has 0 aliphatic carbocycles. The zero-order valence-electron chi connectivity index (χ0n) is 17.7. The van der Waals surface area contributed by atoms with Crippen molar-refractivity contribution in [1.29, 1.82) is 0 Å². The molecule has 1 N–H and O–H groups in total. The Kier molecular flexibility index (Phi) is 6.58. The minimum atomic E-state index is -0.153. The lowest BCUT2D eigenvalue weighted by atomic mass is 10.0. The highest BCUT2D eigenvalue weighted by Crippen LogP contribution is 2.25. The van der Waals surface area contributed by atoms with E-state index in [1.165, 1.54) is 5.56 Å². The Morgan fingerprint density at radius 2 is 1.68 bits per heavy atom. The van der Waals surface area contributed by atoms with Crippen LogP contribution in [0.2, 0.25) is 0 Å². The van der Waals surface area contributed by atoms with Gasteiger partial charge in [0.25, 0.3) is 5.91 Å². The molecule has 4 heteroatoms. The molecule has 4 rings (SSSR count). The molecule has 0 saturated carbocycles. The van der Waals surface area contributed by atoms with Gasteiger partial charge in [-0.25, -0.2) is 0 Å². The van der Waals surface area contributed by atoms with E-state index in [0.29, 0.717) is 5.56 Å². The van der Waals surface area contributed by atoms with Crippen LogP contribution in [0.5, 0.6) is 5.75 Å². The number of rotatable bonds is 5. The predicted octanol–water partition coefficient (Wildman–Crippen LogP) is 6.35. The number of hydrogen-bond acceptors (Lipinski definition) is 3. The number of anilines is 1. The average molecular weight is 411 g/mol. The van der Waals surface area contributed by atoms with Crippen LogP contribution < -0.4 is 10.1 Å². The molecule has 1 aliphatic heterocycles. The molecule has 31 heavy (non-hydrogen) atoms. The van der Waals surface area contributed by atoms with Gasteiger partial charge in [0.2, 0.25) is 0 Å². The van der Waals surface area contributed by atoms with E-state index < -0.39 is 0 Å². The van der Waals surface area contributed by atoms with Gasteiger partial charge in [0.1, 0.15) is 5.75 Å². The normalized spacial score (nSPS) is 14.0. The van der Waals surface area contributed by atoms with Crippen molar-refractivity contribution >= 4 is 23.0 Å². The highest BCUT2D eigenvalue weighted by Gasteiger charge is 2.11. The molecule has 0 atom stereocenters. The van der Waals surface area contributed by atoms with Crippen LogP contribution in [0.15, 0.2) is 89.9 Å². The van der Waals surface area contributed by atoms with Crippen molar-refractivity contribution in [1.82, 2.24) is 0 Å². The van der Waals surface area contributed by atoms with Crippen molar-refractivity contribution in [2.45, 2.75) is 25.7 Å². The van der Waals surface area contributed by atoms with Crippen molar-refractivity contribution in [3.8, 4) is 5.75 Å². The molecule has 0 spiro atoms. The molecule has 1 heterocycles. The molecule has 0 saturated heterocycles. The zero-order valence-corrected chi connectivity index (χ0v) is 17.7. The molecule has 4 nitrogen and oxygen atoms in total. The molecule has 1 amide bonds. The van der Waals surface area contributed by atoms with Crippen molar-refractivity contribution in [2.75, 3.05) is 12.4 Å². The molecule has 0 unspecified atom stereocenters. The van der Waals surface area contributed by atoms with Crippen molar-refractivity contribution in [3.63, 3.8) is 0 Å². The topological polar surface area (TPSA) is 50.7 Å². The van der Waals surface area contributed by atoms with Crippen LogP contribution in [-0.4, -0.2) is 18.7 Å². The summed E-state index contributed by atoms with van der Waals surface area (Å²) in [6.07, 6.45) is 6.45. The van der Waals surface area contributed by atoms with Crippen molar-refractivity contribution in [2.24, 2.45) is 4.99 Å². The van der Waals surface area contributed by atoms with Gasteiger partial charge in [0.05, 0.1) is 12.8 Å². The summed E-state index contributed by atoms with van der Waals surface area (Å²) in [7, 11) is 1.61. The third-order valence-electron chi connectivity index (χ3n) is 5.34. The van der Waals surface area contributed by atoms with E-state index in [1.807, 2.05) is 30.3 Å². The van der Waals surface area contributed by atoms with E-state index in [2.05, 4.69) is 35.7 Å². The van der Waals surface area contributed by atoms with Crippen LogP contribution in [0.4, 0.5) is 5.69 Å². The van der Waals surface area contributed by atoms with Crippen LogP contribution >= 0.6 is 0 Å². The van der Waals surface area contributed by atoms with Crippen LogP contribution in [0, 0.1) is 0 Å². The highest BCUT2D eigenvalue weighted by molar-refractivity contribution is 6.05. The lowest BCUT2D eigenvalue weighted by Crippen LogP contribution is -2.11. The van der Waals surface area contributed by atoms with Crippen LogP contribution in [0.3, 0.4) is 0 Å². The van der Waals surface area contributed by atoms with E-state index in [9.17, 15) is 4.79 Å². The van der Waals surface area contributed by atoms with Crippen LogP contribution in [0.1, 0.15) is 47.2 Å². The molecule has 3 aromatic carbocycles. The van der Waals surface area contributed by atoms with E-state index >= 15 is 0 Å². The fourth-order valence-electron chi connectivity index (χ4n) is 3.65. The summed E-state index contributed by atoms with van der Waals surface area (Å²) in [4.78, 5) is 17.7. The largest absolute Gasteiger partial charge is 0.497 e. The molecule has 0 fully saturated rings. The van der Waals surface area contributed by atoms with Gasteiger partial charge in [0.15, 0.2) is 0 Å². The number of carbonyl (C=O) groups is 1. The highest BCUT2D eigenvalue weighted by atomic mass is 16.5. The summed E-state index contributed by atoms with van der Waals surface area (Å²) in [5.41, 5.74) is 5.57. The quantitative estimate of drug-likeness (QED) is 0.533. The number of hydrogen-bond donors (Lipinski definition) is 1. The molecule has 0 radical (unpaired) electrons. The molecule has 1 aliphatic rings. The lowest BCUT2D eigenvalue weighted by Gasteiger charge is -2.14. The SMILES string of the molecule is COc1ccc(C(=O)Nc2cccc(C3=CCCCCC(c4ccccc4)=N3)c2)cc1. The zero-order chi connectivity index (χ0) is 21.5. The summed E-state index contributed by atoms with van der Waals surface area (Å²) in [6, 6.07) is 25.3. The number of benzene rings is 3. The monoisotopic (exact) mass is 410 g/mol. The lowest BCUT2D eigenvalue weighted by molar-refractivity contribution is 0.102. The van der Waals surface area contributed by atoms with E-state index in [0.717, 1.165) is 54.1 Å². The van der Waals surface area contributed by atoms with Crippen molar-refractivity contribution < 1.29 is 9.53 Å². The Bertz CT molecular complexity index is 1100. The second-order valence-corrected chi connectivity index (χ2v) is 7.52. The Balaban J connectivity index is 1.58. The van der Waals surface area contributed by atoms with Gasteiger partial charge in [-0.15, -0.1) is 0 Å². The summed E-state index contributed by atoms with van der Waals surface area (Å²) in [5, 5.41) is 2.99. The number of amides is 1. The number of carbonyl (C=O) groups excluding carboxylic acids is 1. The second-order valence-electron chi connectivity index (χ2n) is 7.52. The molecule has 3 aromatic rings. The van der Waals surface area contributed by atoms with E-state index in [4.69, 9.17) is 9.73 Å². The maximum atomic E-state index is 12.6. The summed E-state index contributed by atoms with van der Waals surface area (Å²) >= 11 is 0.